The van der Waals surface area contributed by atoms with Gasteiger partial charge in [-0.15, -0.1) is 0 Å². The molecule has 0 saturated carbocycles. The molecule has 6 heteroatoms. The molecule has 284 valence electrons. The van der Waals surface area contributed by atoms with E-state index in [2.05, 4.69) is 149 Å². The molecular formula is C55H33N5O. The Balaban J connectivity index is 1.06. The van der Waals surface area contributed by atoms with Gasteiger partial charge in [0.15, 0.2) is 17.5 Å². The molecule has 3 aromatic heterocycles. The van der Waals surface area contributed by atoms with E-state index in [-0.39, 0.29) is 0 Å². The van der Waals surface area contributed by atoms with Crippen molar-refractivity contribution in [3.8, 4) is 68.2 Å². The molecule has 0 radical (unpaired) electrons. The summed E-state index contributed by atoms with van der Waals surface area (Å²) in [5.74, 6) is 3.47. The summed E-state index contributed by atoms with van der Waals surface area (Å²) in [6.07, 6.45) is 0. The maximum absolute atomic E-state index is 6.91. The van der Waals surface area contributed by atoms with Crippen molar-refractivity contribution in [3.05, 3.63) is 200 Å². The molecule has 0 N–H and O–H groups in total. The van der Waals surface area contributed by atoms with Crippen LogP contribution in [0.5, 0.6) is 11.5 Å². The van der Waals surface area contributed by atoms with E-state index in [1.807, 2.05) is 60.7 Å². The van der Waals surface area contributed by atoms with Crippen LogP contribution in [0.1, 0.15) is 0 Å². The number of nitrogens with zero attached hydrogens (tertiary/aromatic N) is 5. The minimum atomic E-state index is 0.607. The van der Waals surface area contributed by atoms with Crippen LogP contribution in [-0.2, 0) is 0 Å². The van der Waals surface area contributed by atoms with E-state index < -0.39 is 0 Å². The smallest absolute Gasteiger partial charge is 0.164 e. The number of aromatic nitrogens is 5. The first-order valence-corrected chi connectivity index (χ1v) is 20.5. The van der Waals surface area contributed by atoms with Crippen molar-refractivity contribution >= 4 is 54.4 Å². The number of hydrogen-bond donors (Lipinski definition) is 0. The SMILES string of the molecule is c1ccc(-c2nc(-c3ccccc3)nc(-c3ccc4c5c(cccc35)-c3c(cccc3-n3c5ccccc5c5cc6c7ccccc7n(-c7ccccc7)c6cc53)O4)n2)cc1. The van der Waals surface area contributed by atoms with Crippen molar-refractivity contribution in [1.82, 2.24) is 24.1 Å². The fourth-order valence-corrected chi connectivity index (χ4v) is 9.52. The molecule has 0 fully saturated rings. The largest absolute Gasteiger partial charge is 0.456 e. The first kappa shape index (κ1) is 33.6. The van der Waals surface area contributed by atoms with Crippen LogP contribution in [-0.4, -0.2) is 24.1 Å². The lowest BCUT2D eigenvalue weighted by Crippen LogP contribution is -2.04. The Kier molecular flexibility index (Phi) is 7.21. The lowest BCUT2D eigenvalue weighted by molar-refractivity contribution is 0.487. The number of rotatable bonds is 5. The summed E-state index contributed by atoms with van der Waals surface area (Å²) in [6.45, 7) is 0. The zero-order valence-corrected chi connectivity index (χ0v) is 32.7. The predicted molar refractivity (Wildman–Crippen MR) is 248 cm³/mol. The summed E-state index contributed by atoms with van der Waals surface area (Å²) in [4.78, 5) is 15.2. The van der Waals surface area contributed by atoms with E-state index in [0.717, 1.165) is 78.0 Å². The van der Waals surface area contributed by atoms with Crippen LogP contribution < -0.4 is 4.74 Å². The number of ether oxygens (including phenoxy) is 1. The average molecular weight is 780 g/mol. The van der Waals surface area contributed by atoms with E-state index in [0.29, 0.717) is 17.5 Å². The number of hydrogen-bond acceptors (Lipinski definition) is 4. The highest BCUT2D eigenvalue weighted by Gasteiger charge is 2.27. The normalized spacial score (nSPS) is 12.1. The third-order valence-electron chi connectivity index (χ3n) is 12.2. The monoisotopic (exact) mass is 779 g/mol. The van der Waals surface area contributed by atoms with Gasteiger partial charge in [-0.1, -0.05) is 140 Å². The van der Waals surface area contributed by atoms with E-state index in [9.17, 15) is 0 Å². The van der Waals surface area contributed by atoms with Crippen molar-refractivity contribution in [1.29, 1.82) is 0 Å². The quantitative estimate of drug-likeness (QED) is 0.175. The van der Waals surface area contributed by atoms with E-state index in [1.165, 1.54) is 27.1 Å². The number of para-hydroxylation sites is 3. The molecule has 9 aromatic carbocycles. The van der Waals surface area contributed by atoms with E-state index >= 15 is 0 Å². The van der Waals surface area contributed by atoms with Crippen LogP contribution >= 0.6 is 0 Å². The highest BCUT2D eigenvalue weighted by Crippen LogP contribution is 2.52. The van der Waals surface area contributed by atoms with Gasteiger partial charge in [-0.25, -0.2) is 15.0 Å². The summed E-state index contributed by atoms with van der Waals surface area (Å²) < 4.78 is 11.7. The van der Waals surface area contributed by atoms with Crippen LogP contribution in [0.3, 0.4) is 0 Å². The third-order valence-corrected chi connectivity index (χ3v) is 12.2. The zero-order valence-electron chi connectivity index (χ0n) is 32.7. The Morgan fingerprint density at radius 2 is 0.902 bits per heavy atom. The van der Waals surface area contributed by atoms with E-state index in [1.54, 1.807) is 0 Å². The molecule has 0 bridgehead atoms. The van der Waals surface area contributed by atoms with Crippen LogP contribution in [0.4, 0.5) is 0 Å². The lowest BCUT2D eigenvalue weighted by atomic mass is 9.91. The van der Waals surface area contributed by atoms with Gasteiger partial charge in [-0.2, -0.15) is 0 Å². The highest BCUT2D eigenvalue weighted by molar-refractivity contribution is 6.20. The van der Waals surface area contributed by atoms with Crippen LogP contribution in [0, 0.1) is 0 Å². The molecule has 0 atom stereocenters. The Labute approximate surface area is 350 Å². The van der Waals surface area contributed by atoms with Gasteiger partial charge in [0.2, 0.25) is 0 Å². The first-order chi connectivity index (χ1) is 30.3. The molecule has 0 amide bonds. The van der Waals surface area contributed by atoms with Crippen molar-refractivity contribution in [2.45, 2.75) is 0 Å². The molecule has 12 aromatic rings. The second-order valence-corrected chi connectivity index (χ2v) is 15.6. The minimum Gasteiger partial charge on any atom is -0.456 e. The third kappa shape index (κ3) is 5.06. The van der Waals surface area contributed by atoms with Crippen LogP contribution in [0.25, 0.3) is 111 Å². The van der Waals surface area contributed by atoms with Gasteiger partial charge in [0.1, 0.15) is 11.5 Å². The van der Waals surface area contributed by atoms with Gasteiger partial charge in [0.25, 0.3) is 0 Å². The Bertz CT molecular complexity index is 3660. The Morgan fingerprint density at radius 1 is 0.344 bits per heavy atom. The molecule has 0 spiro atoms. The molecule has 0 saturated heterocycles. The topological polar surface area (TPSA) is 57.8 Å². The summed E-state index contributed by atoms with van der Waals surface area (Å²) in [7, 11) is 0. The molecule has 6 nitrogen and oxygen atoms in total. The van der Waals surface area contributed by atoms with E-state index in [4.69, 9.17) is 19.7 Å². The van der Waals surface area contributed by atoms with Gasteiger partial charge < -0.3 is 13.9 Å². The minimum absolute atomic E-state index is 0.607. The summed E-state index contributed by atoms with van der Waals surface area (Å²) in [5.41, 5.74) is 11.7. The molecule has 4 heterocycles. The molecule has 13 rings (SSSR count). The predicted octanol–water partition coefficient (Wildman–Crippen LogP) is 14.0. The van der Waals surface area contributed by atoms with Crippen molar-refractivity contribution in [2.75, 3.05) is 0 Å². The van der Waals surface area contributed by atoms with Crippen LogP contribution in [0.15, 0.2) is 200 Å². The maximum Gasteiger partial charge on any atom is 0.164 e. The highest BCUT2D eigenvalue weighted by atomic mass is 16.5. The van der Waals surface area contributed by atoms with Crippen molar-refractivity contribution < 1.29 is 4.74 Å². The number of fused-ring (bicyclic) bond motifs is 8. The van der Waals surface area contributed by atoms with Gasteiger partial charge >= 0.3 is 0 Å². The first-order valence-electron chi connectivity index (χ1n) is 20.5. The Morgan fingerprint density at radius 3 is 1.59 bits per heavy atom. The van der Waals surface area contributed by atoms with Gasteiger partial charge in [-0.3, -0.25) is 0 Å². The van der Waals surface area contributed by atoms with Gasteiger partial charge in [-0.05, 0) is 71.6 Å². The second-order valence-electron chi connectivity index (χ2n) is 15.6. The molecular weight excluding hydrogens is 747 g/mol. The maximum atomic E-state index is 6.91. The second kappa shape index (κ2) is 13.1. The molecule has 1 aliphatic heterocycles. The Hall–Kier alpha value is -8.35. The summed E-state index contributed by atoms with van der Waals surface area (Å²) in [6, 6.07) is 70.2. The fraction of sp³-hybridized carbons (Fsp3) is 0. The standard InChI is InChI=1S/C55H33N5O/c1-4-16-34(17-5-1)53-56-54(35-18-6-2-7-19-35)58-55(57-53)40-30-31-50-51-39(40)24-14-25-41(51)52-46(28-15-29-49(52)61-50)60-45-27-13-11-23-38(45)43-32-42-37-22-10-12-26-44(37)59(47(42)33-48(43)60)36-20-8-3-9-21-36/h1-33H. The summed E-state index contributed by atoms with van der Waals surface area (Å²) >= 11 is 0. The molecule has 1 aliphatic rings. The summed E-state index contributed by atoms with van der Waals surface area (Å²) in [5, 5.41) is 6.89. The van der Waals surface area contributed by atoms with Crippen LogP contribution in [0.2, 0.25) is 0 Å². The molecule has 0 unspecified atom stereocenters. The lowest BCUT2D eigenvalue weighted by Gasteiger charge is -2.25. The zero-order chi connectivity index (χ0) is 40.0. The van der Waals surface area contributed by atoms with Gasteiger partial charge in [0.05, 0.1) is 27.8 Å². The van der Waals surface area contributed by atoms with Gasteiger partial charge in [0, 0.05) is 54.9 Å². The fourth-order valence-electron chi connectivity index (χ4n) is 9.52. The van der Waals surface area contributed by atoms with Crippen molar-refractivity contribution in [3.63, 3.8) is 0 Å². The average Bonchev–Trinajstić information content (AvgIpc) is 3.83. The number of benzene rings is 9. The molecule has 61 heavy (non-hydrogen) atoms. The molecule has 0 aliphatic carbocycles. The van der Waals surface area contributed by atoms with Crippen molar-refractivity contribution in [2.24, 2.45) is 0 Å².